The Labute approximate surface area is 95.0 Å². The molecule has 0 saturated carbocycles. The molecule has 2 amide bonds. The summed E-state index contributed by atoms with van der Waals surface area (Å²) in [5.41, 5.74) is 0.876. The maximum Gasteiger partial charge on any atom is 0.315 e. The smallest absolute Gasteiger partial charge is 0.315 e. The molecule has 3 nitrogen and oxygen atoms in total. The zero-order valence-corrected chi connectivity index (χ0v) is 9.59. The number of hydrogen-bond donors (Lipinski definition) is 2. The SMILES string of the molecule is CC[C@H](C)NC(=O)NCc1ccc(F)cc1. The van der Waals surface area contributed by atoms with E-state index in [-0.39, 0.29) is 17.9 Å². The molecule has 0 bridgehead atoms. The minimum absolute atomic E-state index is 0.160. The fourth-order valence-electron chi connectivity index (χ4n) is 1.16. The largest absolute Gasteiger partial charge is 0.336 e. The lowest BCUT2D eigenvalue weighted by atomic mass is 10.2. The van der Waals surface area contributed by atoms with Gasteiger partial charge in [0, 0.05) is 12.6 Å². The Bertz CT molecular complexity index is 337. The van der Waals surface area contributed by atoms with Gasteiger partial charge in [0.1, 0.15) is 5.82 Å². The number of halogens is 1. The Morgan fingerprint density at radius 1 is 1.38 bits per heavy atom. The van der Waals surface area contributed by atoms with E-state index in [4.69, 9.17) is 0 Å². The second kappa shape index (κ2) is 6.10. The van der Waals surface area contributed by atoms with Gasteiger partial charge in [-0.2, -0.15) is 0 Å². The zero-order chi connectivity index (χ0) is 12.0. The van der Waals surface area contributed by atoms with Crippen molar-refractivity contribution in [3.63, 3.8) is 0 Å². The molecule has 0 aliphatic carbocycles. The van der Waals surface area contributed by atoms with E-state index in [9.17, 15) is 9.18 Å². The van der Waals surface area contributed by atoms with Crippen LogP contribution in [0.3, 0.4) is 0 Å². The highest BCUT2D eigenvalue weighted by Crippen LogP contribution is 2.01. The van der Waals surface area contributed by atoms with Gasteiger partial charge >= 0.3 is 6.03 Å². The number of carbonyl (C=O) groups excluding carboxylic acids is 1. The molecule has 0 radical (unpaired) electrons. The van der Waals surface area contributed by atoms with Gasteiger partial charge in [-0.1, -0.05) is 19.1 Å². The Morgan fingerprint density at radius 2 is 2.00 bits per heavy atom. The molecule has 1 atom stereocenters. The van der Waals surface area contributed by atoms with Crippen molar-refractivity contribution < 1.29 is 9.18 Å². The van der Waals surface area contributed by atoms with Gasteiger partial charge in [-0.05, 0) is 31.0 Å². The Balaban J connectivity index is 2.34. The van der Waals surface area contributed by atoms with Crippen LogP contribution in [0.5, 0.6) is 0 Å². The van der Waals surface area contributed by atoms with Crippen molar-refractivity contribution in [1.29, 1.82) is 0 Å². The molecule has 0 aliphatic heterocycles. The summed E-state index contributed by atoms with van der Waals surface area (Å²) in [6.07, 6.45) is 0.893. The average Bonchev–Trinajstić information content (AvgIpc) is 2.28. The topological polar surface area (TPSA) is 41.1 Å². The normalized spacial score (nSPS) is 11.9. The third-order valence-electron chi connectivity index (χ3n) is 2.36. The molecule has 1 rings (SSSR count). The van der Waals surface area contributed by atoms with Gasteiger partial charge < -0.3 is 10.6 Å². The first-order chi connectivity index (χ1) is 7.61. The quantitative estimate of drug-likeness (QED) is 0.810. The summed E-state index contributed by atoms with van der Waals surface area (Å²) in [6, 6.07) is 6.03. The molecule has 0 heterocycles. The minimum Gasteiger partial charge on any atom is -0.336 e. The molecule has 0 spiro atoms. The fraction of sp³-hybridized carbons (Fsp3) is 0.417. The van der Waals surface area contributed by atoms with E-state index in [2.05, 4.69) is 10.6 Å². The predicted octanol–water partition coefficient (Wildman–Crippen LogP) is 2.42. The van der Waals surface area contributed by atoms with Gasteiger partial charge in [0.15, 0.2) is 0 Å². The van der Waals surface area contributed by atoms with Crippen molar-refractivity contribution in [2.75, 3.05) is 0 Å². The number of hydrogen-bond acceptors (Lipinski definition) is 1. The molecule has 88 valence electrons. The Hall–Kier alpha value is -1.58. The lowest BCUT2D eigenvalue weighted by Gasteiger charge is -2.12. The van der Waals surface area contributed by atoms with Crippen LogP contribution < -0.4 is 10.6 Å². The maximum atomic E-state index is 12.6. The molecule has 0 fully saturated rings. The van der Waals surface area contributed by atoms with Gasteiger partial charge in [0.25, 0.3) is 0 Å². The van der Waals surface area contributed by atoms with E-state index in [0.29, 0.717) is 6.54 Å². The second-order valence-corrected chi connectivity index (χ2v) is 3.76. The molecule has 0 aromatic heterocycles. The standard InChI is InChI=1S/C12H17FN2O/c1-3-9(2)15-12(16)14-8-10-4-6-11(13)7-5-10/h4-7,9H,3,8H2,1-2H3,(H2,14,15,16)/t9-/m0/s1. The van der Waals surface area contributed by atoms with Crippen LogP contribution >= 0.6 is 0 Å². The van der Waals surface area contributed by atoms with E-state index in [1.54, 1.807) is 12.1 Å². The van der Waals surface area contributed by atoms with Crippen LogP contribution in [0.2, 0.25) is 0 Å². The van der Waals surface area contributed by atoms with E-state index >= 15 is 0 Å². The summed E-state index contributed by atoms with van der Waals surface area (Å²) in [7, 11) is 0. The molecule has 0 aliphatic rings. The molecule has 2 N–H and O–H groups in total. The number of benzene rings is 1. The van der Waals surface area contributed by atoms with Gasteiger partial charge in [-0.25, -0.2) is 9.18 Å². The van der Waals surface area contributed by atoms with Crippen molar-refractivity contribution in [3.8, 4) is 0 Å². The van der Waals surface area contributed by atoms with Crippen molar-refractivity contribution in [1.82, 2.24) is 10.6 Å². The molecule has 0 unspecified atom stereocenters. The third kappa shape index (κ3) is 4.29. The lowest BCUT2D eigenvalue weighted by Crippen LogP contribution is -2.40. The number of rotatable bonds is 4. The van der Waals surface area contributed by atoms with Gasteiger partial charge in [-0.3, -0.25) is 0 Å². The summed E-state index contributed by atoms with van der Waals surface area (Å²) >= 11 is 0. The molecule has 4 heteroatoms. The number of carbonyl (C=O) groups is 1. The number of nitrogens with one attached hydrogen (secondary N) is 2. The minimum atomic E-state index is -0.271. The zero-order valence-electron chi connectivity index (χ0n) is 9.59. The lowest BCUT2D eigenvalue weighted by molar-refractivity contribution is 0.237. The van der Waals surface area contributed by atoms with Crippen molar-refractivity contribution in [2.24, 2.45) is 0 Å². The highest BCUT2D eigenvalue weighted by atomic mass is 19.1. The Morgan fingerprint density at radius 3 is 2.56 bits per heavy atom. The molecule has 0 saturated heterocycles. The van der Waals surface area contributed by atoms with Crippen LogP contribution in [0.1, 0.15) is 25.8 Å². The average molecular weight is 224 g/mol. The third-order valence-corrected chi connectivity index (χ3v) is 2.36. The fourth-order valence-corrected chi connectivity index (χ4v) is 1.16. The van der Waals surface area contributed by atoms with Crippen molar-refractivity contribution in [2.45, 2.75) is 32.9 Å². The van der Waals surface area contributed by atoms with Crippen LogP contribution in [-0.2, 0) is 6.54 Å². The van der Waals surface area contributed by atoms with Crippen molar-refractivity contribution in [3.05, 3.63) is 35.6 Å². The van der Waals surface area contributed by atoms with Gasteiger partial charge in [-0.15, -0.1) is 0 Å². The van der Waals surface area contributed by atoms with Crippen LogP contribution in [0.25, 0.3) is 0 Å². The van der Waals surface area contributed by atoms with E-state index < -0.39 is 0 Å². The molecule has 16 heavy (non-hydrogen) atoms. The number of amides is 2. The highest BCUT2D eigenvalue weighted by Gasteiger charge is 2.04. The summed E-state index contributed by atoms with van der Waals surface area (Å²) in [5, 5.41) is 5.50. The highest BCUT2D eigenvalue weighted by molar-refractivity contribution is 5.74. The monoisotopic (exact) mass is 224 g/mol. The molecule has 1 aromatic rings. The molecular weight excluding hydrogens is 207 g/mol. The van der Waals surface area contributed by atoms with Gasteiger partial charge in [0.2, 0.25) is 0 Å². The van der Waals surface area contributed by atoms with Crippen molar-refractivity contribution >= 4 is 6.03 Å². The van der Waals surface area contributed by atoms with Crippen LogP contribution in [0.4, 0.5) is 9.18 Å². The van der Waals surface area contributed by atoms with Crippen LogP contribution in [-0.4, -0.2) is 12.1 Å². The van der Waals surface area contributed by atoms with Crippen LogP contribution in [0.15, 0.2) is 24.3 Å². The maximum absolute atomic E-state index is 12.6. The number of urea groups is 1. The van der Waals surface area contributed by atoms with Gasteiger partial charge in [0.05, 0.1) is 0 Å². The summed E-state index contributed by atoms with van der Waals surface area (Å²) in [6.45, 7) is 4.35. The van der Waals surface area contributed by atoms with E-state index in [1.165, 1.54) is 12.1 Å². The summed E-state index contributed by atoms with van der Waals surface area (Å²) < 4.78 is 12.6. The second-order valence-electron chi connectivity index (χ2n) is 3.76. The Kier molecular flexibility index (Phi) is 4.76. The first-order valence-electron chi connectivity index (χ1n) is 5.40. The van der Waals surface area contributed by atoms with E-state index in [1.807, 2.05) is 13.8 Å². The first kappa shape index (κ1) is 12.5. The molecular formula is C12H17FN2O. The van der Waals surface area contributed by atoms with E-state index in [0.717, 1.165) is 12.0 Å². The molecule has 1 aromatic carbocycles. The first-order valence-corrected chi connectivity index (χ1v) is 5.40. The summed E-state index contributed by atoms with van der Waals surface area (Å²) in [5.74, 6) is -0.271. The summed E-state index contributed by atoms with van der Waals surface area (Å²) in [4.78, 5) is 11.4. The predicted molar refractivity (Wildman–Crippen MR) is 61.5 cm³/mol. The van der Waals surface area contributed by atoms with Crippen LogP contribution in [0, 0.1) is 5.82 Å².